The zero-order valence-electron chi connectivity index (χ0n) is 12.2. The second-order valence-corrected chi connectivity index (χ2v) is 5.09. The van der Waals surface area contributed by atoms with Gasteiger partial charge in [-0.1, -0.05) is 37.3 Å². The van der Waals surface area contributed by atoms with Crippen molar-refractivity contribution in [1.29, 1.82) is 0 Å². The minimum Gasteiger partial charge on any atom is -0.469 e. The fourth-order valence-corrected chi connectivity index (χ4v) is 2.06. The molecule has 0 spiro atoms. The Hall–Kier alpha value is -2.07. The van der Waals surface area contributed by atoms with Crippen LogP contribution >= 0.6 is 0 Å². The van der Waals surface area contributed by atoms with E-state index in [1.54, 1.807) is 6.26 Å². The summed E-state index contributed by atoms with van der Waals surface area (Å²) >= 11 is 0. The molecule has 4 heteroatoms. The number of carbonyl (C=O) groups excluding carboxylic acids is 1. The summed E-state index contributed by atoms with van der Waals surface area (Å²) in [6.45, 7) is 2.37. The normalized spacial score (nSPS) is 12.0. The van der Waals surface area contributed by atoms with Crippen LogP contribution in [0.1, 0.15) is 24.7 Å². The zero-order chi connectivity index (χ0) is 14.9. The molecule has 1 amide bonds. The summed E-state index contributed by atoms with van der Waals surface area (Å²) in [7, 11) is 0. The molecule has 1 unspecified atom stereocenters. The topological polar surface area (TPSA) is 51.5 Å². The monoisotopic (exact) mass is 287 g/mol. The van der Waals surface area contributed by atoms with Gasteiger partial charge in [-0.3, -0.25) is 9.63 Å². The molecule has 2 rings (SSSR count). The van der Waals surface area contributed by atoms with E-state index < -0.39 is 0 Å². The van der Waals surface area contributed by atoms with Crippen molar-refractivity contribution in [1.82, 2.24) is 5.48 Å². The van der Waals surface area contributed by atoms with Gasteiger partial charge in [-0.2, -0.15) is 0 Å². The smallest absolute Gasteiger partial charge is 0.246 e. The van der Waals surface area contributed by atoms with E-state index in [0.717, 1.165) is 24.2 Å². The first-order valence-electron chi connectivity index (χ1n) is 7.23. The third-order valence-electron chi connectivity index (χ3n) is 3.25. The molecule has 0 aliphatic heterocycles. The summed E-state index contributed by atoms with van der Waals surface area (Å²) in [6, 6.07) is 13.8. The Morgan fingerprint density at radius 1 is 1.24 bits per heavy atom. The number of aryl methyl sites for hydroxylation is 1. The van der Waals surface area contributed by atoms with Crippen LogP contribution in [0.2, 0.25) is 0 Å². The quantitative estimate of drug-likeness (QED) is 0.599. The first-order valence-corrected chi connectivity index (χ1v) is 7.23. The number of hydrogen-bond donors (Lipinski definition) is 1. The van der Waals surface area contributed by atoms with Crippen LogP contribution in [0.5, 0.6) is 0 Å². The van der Waals surface area contributed by atoms with Gasteiger partial charge >= 0.3 is 0 Å². The molecule has 0 saturated heterocycles. The summed E-state index contributed by atoms with van der Waals surface area (Å²) in [5, 5.41) is 0. The lowest BCUT2D eigenvalue weighted by Crippen LogP contribution is -2.30. The Balaban J connectivity index is 1.60. The Morgan fingerprint density at radius 3 is 2.76 bits per heavy atom. The van der Waals surface area contributed by atoms with Gasteiger partial charge in [0, 0.05) is 12.3 Å². The Labute approximate surface area is 125 Å². The molecule has 0 bridgehead atoms. The van der Waals surface area contributed by atoms with Crippen LogP contribution in [-0.2, 0) is 22.5 Å². The van der Waals surface area contributed by atoms with E-state index in [2.05, 4.69) is 5.48 Å². The summed E-state index contributed by atoms with van der Waals surface area (Å²) in [5.74, 6) is 0.733. The summed E-state index contributed by atoms with van der Waals surface area (Å²) in [4.78, 5) is 17.1. The molecule has 0 aliphatic carbocycles. The molecular weight excluding hydrogens is 266 g/mol. The average molecular weight is 287 g/mol. The molecular formula is C17H21NO3. The molecule has 0 saturated carbocycles. The number of furan rings is 1. The highest BCUT2D eigenvalue weighted by atomic mass is 16.6. The number of amides is 1. The largest absolute Gasteiger partial charge is 0.469 e. The highest BCUT2D eigenvalue weighted by molar-refractivity contribution is 5.77. The Bertz CT molecular complexity index is 522. The van der Waals surface area contributed by atoms with Crippen molar-refractivity contribution in [3.05, 3.63) is 60.1 Å². The van der Waals surface area contributed by atoms with Gasteiger partial charge in [-0.05, 0) is 30.5 Å². The SMILES string of the molecule is CC(Cc1ccccc1)C(=O)NOCCCc1ccco1. The van der Waals surface area contributed by atoms with Gasteiger partial charge in [0.05, 0.1) is 12.9 Å². The van der Waals surface area contributed by atoms with Crippen LogP contribution in [0.25, 0.3) is 0 Å². The van der Waals surface area contributed by atoms with Crippen LogP contribution in [0.3, 0.4) is 0 Å². The molecule has 1 N–H and O–H groups in total. The van der Waals surface area contributed by atoms with Gasteiger partial charge in [0.1, 0.15) is 5.76 Å². The number of nitrogens with one attached hydrogen (secondary N) is 1. The van der Waals surface area contributed by atoms with Crippen LogP contribution < -0.4 is 5.48 Å². The third-order valence-corrected chi connectivity index (χ3v) is 3.25. The summed E-state index contributed by atoms with van der Waals surface area (Å²) < 4.78 is 5.22. The summed E-state index contributed by atoms with van der Waals surface area (Å²) in [5.41, 5.74) is 3.66. The lowest BCUT2D eigenvalue weighted by molar-refractivity contribution is -0.137. The van der Waals surface area contributed by atoms with E-state index in [-0.39, 0.29) is 11.8 Å². The number of hydroxylamine groups is 1. The zero-order valence-corrected chi connectivity index (χ0v) is 12.2. The van der Waals surface area contributed by atoms with Gasteiger partial charge < -0.3 is 4.42 Å². The molecule has 112 valence electrons. The number of rotatable bonds is 8. The van der Waals surface area contributed by atoms with E-state index >= 15 is 0 Å². The number of hydrogen-bond acceptors (Lipinski definition) is 3. The van der Waals surface area contributed by atoms with Gasteiger partial charge in [-0.15, -0.1) is 0 Å². The Kier molecular flexibility index (Phi) is 6.03. The fraction of sp³-hybridized carbons (Fsp3) is 0.353. The molecule has 2 aromatic rings. The minimum absolute atomic E-state index is 0.0862. The van der Waals surface area contributed by atoms with Gasteiger partial charge in [0.2, 0.25) is 5.91 Å². The number of carbonyl (C=O) groups is 1. The van der Waals surface area contributed by atoms with Crippen molar-refractivity contribution in [3.63, 3.8) is 0 Å². The predicted molar refractivity (Wildman–Crippen MR) is 80.4 cm³/mol. The molecule has 1 atom stereocenters. The maximum atomic E-state index is 11.9. The van der Waals surface area contributed by atoms with Crippen molar-refractivity contribution in [3.8, 4) is 0 Å². The minimum atomic E-state index is -0.113. The third kappa shape index (κ3) is 5.44. The van der Waals surface area contributed by atoms with Crippen molar-refractivity contribution in [2.24, 2.45) is 5.92 Å². The van der Waals surface area contributed by atoms with E-state index in [4.69, 9.17) is 9.25 Å². The lowest BCUT2D eigenvalue weighted by Gasteiger charge is -2.12. The maximum Gasteiger partial charge on any atom is 0.246 e. The first kappa shape index (κ1) is 15.3. The molecule has 0 radical (unpaired) electrons. The molecule has 1 aromatic carbocycles. The second kappa shape index (κ2) is 8.27. The molecule has 1 heterocycles. The van der Waals surface area contributed by atoms with Gasteiger partial charge in [-0.25, -0.2) is 5.48 Å². The first-order chi connectivity index (χ1) is 10.3. The Morgan fingerprint density at radius 2 is 2.05 bits per heavy atom. The van der Waals surface area contributed by atoms with Crippen molar-refractivity contribution < 1.29 is 14.0 Å². The second-order valence-electron chi connectivity index (χ2n) is 5.09. The van der Waals surface area contributed by atoms with E-state index in [1.165, 1.54) is 0 Å². The van der Waals surface area contributed by atoms with E-state index in [0.29, 0.717) is 13.0 Å². The molecule has 4 nitrogen and oxygen atoms in total. The van der Waals surface area contributed by atoms with Crippen LogP contribution in [0.15, 0.2) is 53.1 Å². The van der Waals surface area contributed by atoms with Crippen LogP contribution in [0, 0.1) is 5.92 Å². The molecule has 21 heavy (non-hydrogen) atoms. The highest BCUT2D eigenvalue weighted by Gasteiger charge is 2.13. The van der Waals surface area contributed by atoms with Crippen LogP contribution in [-0.4, -0.2) is 12.5 Å². The van der Waals surface area contributed by atoms with Gasteiger partial charge in [0.25, 0.3) is 0 Å². The van der Waals surface area contributed by atoms with Crippen molar-refractivity contribution in [2.45, 2.75) is 26.2 Å². The predicted octanol–water partition coefficient (Wildman–Crippen LogP) is 3.14. The van der Waals surface area contributed by atoms with Crippen molar-refractivity contribution in [2.75, 3.05) is 6.61 Å². The summed E-state index contributed by atoms with van der Waals surface area (Å²) in [6.07, 6.45) is 3.98. The van der Waals surface area contributed by atoms with E-state index in [9.17, 15) is 4.79 Å². The fourth-order valence-electron chi connectivity index (χ4n) is 2.06. The van der Waals surface area contributed by atoms with Crippen LogP contribution in [0.4, 0.5) is 0 Å². The molecule has 1 aromatic heterocycles. The number of benzene rings is 1. The van der Waals surface area contributed by atoms with Gasteiger partial charge in [0.15, 0.2) is 0 Å². The molecule has 0 aliphatic rings. The van der Waals surface area contributed by atoms with E-state index in [1.807, 2.05) is 49.4 Å². The molecule has 0 fully saturated rings. The lowest BCUT2D eigenvalue weighted by atomic mass is 10.0. The average Bonchev–Trinajstić information content (AvgIpc) is 3.01. The standard InChI is InChI=1S/C17H21NO3/c1-14(13-15-7-3-2-4-8-15)17(19)18-21-12-6-10-16-9-5-11-20-16/h2-5,7-9,11,14H,6,10,12-13H2,1H3,(H,18,19). The van der Waals surface area contributed by atoms with Crippen molar-refractivity contribution >= 4 is 5.91 Å². The highest BCUT2D eigenvalue weighted by Crippen LogP contribution is 2.08. The maximum absolute atomic E-state index is 11.9.